The van der Waals surface area contributed by atoms with E-state index in [0.717, 1.165) is 8.26 Å². The van der Waals surface area contributed by atoms with Crippen LogP contribution >= 0.6 is 43.2 Å². The maximum absolute atomic E-state index is 11.7. The number of aliphatic carboxylic acids is 1. The molecule has 1 N–H and O–H groups in total. The van der Waals surface area contributed by atoms with Gasteiger partial charge in [0, 0.05) is 4.47 Å². The zero-order valence-electron chi connectivity index (χ0n) is 10.7. The lowest BCUT2D eigenvalue weighted by Gasteiger charge is -2.35. The van der Waals surface area contributed by atoms with Gasteiger partial charge in [-0.2, -0.15) is 0 Å². The van der Waals surface area contributed by atoms with Crippen molar-refractivity contribution in [3.05, 3.63) is 19.2 Å². The van der Waals surface area contributed by atoms with Crippen LogP contribution in [0.3, 0.4) is 0 Å². The van der Waals surface area contributed by atoms with E-state index >= 15 is 0 Å². The highest BCUT2D eigenvalue weighted by Crippen LogP contribution is 2.44. The third-order valence-electron chi connectivity index (χ3n) is 2.35. The average molecular weight is 400 g/mol. The van der Waals surface area contributed by atoms with Crippen LogP contribution in [0.15, 0.2) is 14.3 Å². The summed E-state index contributed by atoms with van der Waals surface area (Å²) < 4.78 is 7.51. The normalized spacial score (nSPS) is 15.4. The molecule has 0 spiro atoms. The van der Waals surface area contributed by atoms with Crippen LogP contribution in [0.1, 0.15) is 39.0 Å². The molecule has 1 rings (SSSR count). The van der Waals surface area contributed by atoms with Crippen LogP contribution in [0.25, 0.3) is 0 Å². The molecule has 0 fully saturated rings. The maximum Gasteiger partial charge on any atom is 0.341 e. The van der Waals surface area contributed by atoms with Crippen molar-refractivity contribution in [1.29, 1.82) is 0 Å². The summed E-state index contributed by atoms with van der Waals surface area (Å²) in [6, 6.07) is 1.85. The number of rotatable bonds is 4. The Hall–Kier alpha value is 0.0900. The minimum atomic E-state index is -1.31. The largest absolute Gasteiger partial charge is 0.479 e. The molecule has 1 heterocycles. The van der Waals surface area contributed by atoms with E-state index in [0.29, 0.717) is 11.3 Å². The quantitative estimate of drug-likeness (QED) is 0.792. The summed E-state index contributed by atoms with van der Waals surface area (Å²) in [5.41, 5.74) is -1.85. The number of thiophene rings is 1. The summed E-state index contributed by atoms with van der Waals surface area (Å²) in [5, 5.41) is 9.62. The second kappa shape index (κ2) is 5.61. The minimum absolute atomic E-state index is 0.366. The molecule has 0 saturated carbocycles. The smallest absolute Gasteiger partial charge is 0.341 e. The third kappa shape index (κ3) is 3.35. The molecule has 18 heavy (non-hydrogen) atoms. The first-order chi connectivity index (χ1) is 8.12. The van der Waals surface area contributed by atoms with Crippen molar-refractivity contribution < 1.29 is 14.6 Å². The van der Waals surface area contributed by atoms with E-state index in [2.05, 4.69) is 31.9 Å². The summed E-state index contributed by atoms with van der Waals surface area (Å²) in [6.07, 6.45) is 0.366. The van der Waals surface area contributed by atoms with Gasteiger partial charge in [-0.05, 0) is 65.1 Å². The highest BCUT2D eigenvalue weighted by atomic mass is 79.9. The van der Waals surface area contributed by atoms with Crippen LogP contribution in [-0.2, 0) is 15.1 Å². The number of ether oxygens (including phenoxy) is 1. The summed E-state index contributed by atoms with van der Waals surface area (Å²) >= 11 is 8.16. The third-order valence-corrected chi connectivity index (χ3v) is 5.02. The molecule has 0 aromatic carbocycles. The molecule has 0 bridgehead atoms. The van der Waals surface area contributed by atoms with Gasteiger partial charge in [0.25, 0.3) is 0 Å². The van der Waals surface area contributed by atoms with E-state index in [1.165, 1.54) is 11.3 Å². The van der Waals surface area contributed by atoms with Gasteiger partial charge < -0.3 is 9.84 Å². The summed E-state index contributed by atoms with van der Waals surface area (Å²) in [6.45, 7) is 7.39. The van der Waals surface area contributed by atoms with E-state index in [4.69, 9.17) is 4.74 Å². The number of carboxylic acids is 1. The molecular formula is C12H16Br2O3S. The van der Waals surface area contributed by atoms with Crippen molar-refractivity contribution in [2.45, 2.75) is 45.3 Å². The van der Waals surface area contributed by atoms with Crippen LogP contribution in [-0.4, -0.2) is 16.7 Å². The van der Waals surface area contributed by atoms with E-state index in [9.17, 15) is 9.90 Å². The number of hydrogen-bond acceptors (Lipinski definition) is 3. The molecule has 6 heteroatoms. The Morgan fingerprint density at radius 1 is 1.44 bits per heavy atom. The lowest BCUT2D eigenvalue weighted by Crippen LogP contribution is -2.43. The standard InChI is InChI=1S/C12H16Br2O3S/c1-5-12(10(15)16,17-11(2,3)4)9-7(13)6-8(14)18-9/h6H,5H2,1-4H3,(H,15,16). The average Bonchev–Trinajstić information content (AvgIpc) is 2.53. The van der Waals surface area contributed by atoms with E-state index < -0.39 is 17.2 Å². The first kappa shape index (κ1) is 16.1. The highest BCUT2D eigenvalue weighted by Gasteiger charge is 2.45. The minimum Gasteiger partial charge on any atom is -0.479 e. The predicted octanol–water partition coefficient (Wildman–Crippen LogP) is 4.78. The SMILES string of the molecule is CCC(OC(C)(C)C)(C(=O)O)c1sc(Br)cc1Br. The van der Waals surface area contributed by atoms with E-state index in [1.54, 1.807) is 0 Å². The van der Waals surface area contributed by atoms with Gasteiger partial charge in [0.15, 0.2) is 0 Å². The van der Waals surface area contributed by atoms with Gasteiger partial charge in [-0.1, -0.05) is 6.92 Å². The molecule has 0 aliphatic heterocycles. The van der Waals surface area contributed by atoms with Gasteiger partial charge >= 0.3 is 5.97 Å². The van der Waals surface area contributed by atoms with Gasteiger partial charge in [-0.25, -0.2) is 4.79 Å². The van der Waals surface area contributed by atoms with Gasteiger partial charge in [-0.15, -0.1) is 11.3 Å². The fraction of sp³-hybridized carbons (Fsp3) is 0.583. The zero-order valence-corrected chi connectivity index (χ0v) is 14.7. The molecule has 1 atom stereocenters. The van der Waals surface area contributed by atoms with Crippen molar-refractivity contribution >= 4 is 49.2 Å². The molecule has 0 saturated heterocycles. The Kier molecular flexibility index (Phi) is 5.03. The van der Waals surface area contributed by atoms with Gasteiger partial charge in [0.05, 0.1) is 14.3 Å². The van der Waals surface area contributed by atoms with Crippen molar-refractivity contribution in [3.8, 4) is 0 Å². The van der Waals surface area contributed by atoms with E-state index in [-0.39, 0.29) is 0 Å². The van der Waals surface area contributed by atoms with Gasteiger partial charge in [-0.3, -0.25) is 0 Å². The molecule has 102 valence electrons. The maximum atomic E-state index is 11.7. The zero-order chi connectivity index (χ0) is 14.1. The summed E-state index contributed by atoms with van der Waals surface area (Å²) in [7, 11) is 0. The molecule has 1 aromatic heterocycles. The Morgan fingerprint density at radius 3 is 2.28 bits per heavy atom. The van der Waals surface area contributed by atoms with Crippen molar-refractivity contribution in [2.24, 2.45) is 0 Å². The van der Waals surface area contributed by atoms with Gasteiger partial charge in [0.1, 0.15) is 0 Å². The first-order valence-electron chi connectivity index (χ1n) is 5.51. The molecule has 0 aliphatic rings. The van der Waals surface area contributed by atoms with Crippen LogP contribution in [0.4, 0.5) is 0 Å². The van der Waals surface area contributed by atoms with Crippen LogP contribution in [0.2, 0.25) is 0 Å². The van der Waals surface area contributed by atoms with Gasteiger partial charge in [0.2, 0.25) is 5.60 Å². The number of carbonyl (C=O) groups is 1. The highest BCUT2D eigenvalue weighted by molar-refractivity contribution is 9.11. The first-order valence-corrected chi connectivity index (χ1v) is 7.91. The number of carboxylic acid groups (broad SMARTS) is 1. The number of hydrogen-bond donors (Lipinski definition) is 1. The van der Waals surface area contributed by atoms with Crippen molar-refractivity contribution in [3.63, 3.8) is 0 Å². The molecular weight excluding hydrogens is 384 g/mol. The Labute approximate surface area is 128 Å². The fourth-order valence-corrected chi connectivity index (χ4v) is 4.64. The fourth-order valence-electron chi connectivity index (χ4n) is 1.71. The van der Waals surface area contributed by atoms with Crippen LogP contribution < -0.4 is 0 Å². The Morgan fingerprint density at radius 2 is 2.00 bits per heavy atom. The van der Waals surface area contributed by atoms with Crippen molar-refractivity contribution in [1.82, 2.24) is 0 Å². The summed E-state index contributed by atoms with van der Waals surface area (Å²) in [5.74, 6) is -0.963. The number of halogens is 2. The second-order valence-electron chi connectivity index (χ2n) is 4.93. The molecule has 1 unspecified atom stereocenters. The van der Waals surface area contributed by atoms with E-state index in [1.807, 2.05) is 33.8 Å². The summed E-state index contributed by atoms with van der Waals surface area (Å²) in [4.78, 5) is 12.4. The Bertz CT molecular complexity index is 451. The molecule has 0 amide bonds. The Balaban J connectivity index is 3.37. The predicted molar refractivity (Wildman–Crippen MR) is 80.2 cm³/mol. The molecule has 1 aromatic rings. The van der Waals surface area contributed by atoms with Crippen LogP contribution in [0, 0.1) is 0 Å². The molecule has 0 aliphatic carbocycles. The molecule has 0 radical (unpaired) electrons. The van der Waals surface area contributed by atoms with Crippen LogP contribution in [0.5, 0.6) is 0 Å². The monoisotopic (exact) mass is 398 g/mol. The lowest BCUT2D eigenvalue weighted by molar-refractivity contribution is -0.188. The second-order valence-corrected chi connectivity index (χ2v) is 8.21. The topological polar surface area (TPSA) is 46.5 Å². The van der Waals surface area contributed by atoms with Crippen molar-refractivity contribution in [2.75, 3.05) is 0 Å². The molecule has 3 nitrogen and oxygen atoms in total. The lowest BCUT2D eigenvalue weighted by atomic mass is 9.96.